The molecule has 0 spiro atoms. The van der Waals surface area contributed by atoms with Crippen molar-refractivity contribution in [2.45, 2.75) is 25.3 Å². The van der Waals surface area contributed by atoms with Crippen molar-refractivity contribution in [1.82, 2.24) is 9.78 Å². The van der Waals surface area contributed by atoms with Crippen LogP contribution in [0.1, 0.15) is 28.3 Å². The highest BCUT2D eigenvalue weighted by Gasteiger charge is 2.19. The number of ether oxygens (including phenoxy) is 1. The molecule has 0 bridgehead atoms. The summed E-state index contributed by atoms with van der Waals surface area (Å²) in [6, 6.07) is 7.38. The van der Waals surface area contributed by atoms with E-state index in [1.807, 2.05) is 18.2 Å². The number of anilines is 1. The first-order valence-electron chi connectivity index (χ1n) is 7.41. The summed E-state index contributed by atoms with van der Waals surface area (Å²) >= 11 is 0. The van der Waals surface area contributed by atoms with Gasteiger partial charge in [-0.05, 0) is 24.1 Å². The zero-order valence-corrected chi connectivity index (χ0v) is 12.4. The summed E-state index contributed by atoms with van der Waals surface area (Å²) < 4.78 is 31.1. The number of carbonyl (C=O) groups excluding carboxylic acids is 1. The third kappa shape index (κ3) is 3.92. The van der Waals surface area contributed by atoms with Gasteiger partial charge in [-0.3, -0.25) is 9.48 Å². The molecule has 1 N–H and O–H groups in total. The van der Waals surface area contributed by atoms with Gasteiger partial charge in [0.25, 0.3) is 12.3 Å². The molecule has 2 aromatic rings. The van der Waals surface area contributed by atoms with Crippen LogP contribution in [0.4, 0.5) is 14.5 Å². The second-order valence-corrected chi connectivity index (χ2v) is 5.48. The minimum atomic E-state index is -2.48. The van der Waals surface area contributed by atoms with Gasteiger partial charge in [0.2, 0.25) is 0 Å². The molecule has 1 saturated heterocycles. The predicted octanol–water partition coefficient (Wildman–Crippen LogP) is 2.90. The normalized spacial score (nSPS) is 17.6. The highest BCUT2D eigenvalue weighted by molar-refractivity contribution is 6.04. The van der Waals surface area contributed by atoms with Crippen LogP contribution in [0.5, 0.6) is 0 Å². The Morgan fingerprint density at radius 1 is 1.48 bits per heavy atom. The Labute approximate surface area is 132 Å². The smallest absolute Gasteiger partial charge is 0.257 e. The van der Waals surface area contributed by atoms with Crippen molar-refractivity contribution < 1.29 is 18.3 Å². The van der Waals surface area contributed by atoms with Gasteiger partial charge in [-0.2, -0.15) is 5.10 Å². The third-order valence-corrected chi connectivity index (χ3v) is 3.77. The van der Waals surface area contributed by atoms with Crippen molar-refractivity contribution in [1.29, 1.82) is 0 Å². The Kier molecular flexibility index (Phi) is 4.66. The van der Waals surface area contributed by atoms with Crippen molar-refractivity contribution in [2.24, 2.45) is 0 Å². The van der Waals surface area contributed by atoms with Gasteiger partial charge < -0.3 is 10.1 Å². The van der Waals surface area contributed by atoms with E-state index in [1.54, 1.807) is 6.07 Å². The zero-order chi connectivity index (χ0) is 16.2. The number of benzene rings is 1. The Morgan fingerprint density at radius 2 is 2.35 bits per heavy atom. The summed E-state index contributed by atoms with van der Waals surface area (Å²) in [5.74, 6) is 0.0268. The standard InChI is InChI=1S/C16H17F2N3O2/c17-15(18)9-21-8-14(7-19-21)20-16(22)12-3-1-2-11(6-12)13-4-5-23-10-13/h1-3,6-8,13,15H,4-5,9-10H2,(H,20,22). The summed E-state index contributed by atoms with van der Waals surface area (Å²) in [4.78, 5) is 12.3. The topological polar surface area (TPSA) is 56.2 Å². The van der Waals surface area contributed by atoms with Gasteiger partial charge in [-0.1, -0.05) is 12.1 Å². The fraction of sp³-hybridized carbons (Fsp3) is 0.375. The molecule has 1 aromatic heterocycles. The van der Waals surface area contributed by atoms with Crippen LogP contribution >= 0.6 is 0 Å². The second-order valence-electron chi connectivity index (χ2n) is 5.48. The van der Waals surface area contributed by atoms with Crippen LogP contribution in [0.2, 0.25) is 0 Å². The van der Waals surface area contributed by atoms with Crippen LogP contribution in [0.25, 0.3) is 0 Å². The molecule has 122 valence electrons. The molecule has 1 aliphatic rings. The number of hydrogen-bond donors (Lipinski definition) is 1. The largest absolute Gasteiger partial charge is 0.381 e. The monoisotopic (exact) mass is 321 g/mol. The highest BCUT2D eigenvalue weighted by atomic mass is 19.3. The van der Waals surface area contributed by atoms with Gasteiger partial charge in [0.15, 0.2) is 0 Å². The fourth-order valence-corrected chi connectivity index (χ4v) is 2.60. The lowest BCUT2D eigenvalue weighted by Crippen LogP contribution is -2.12. The lowest BCUT2D eigenvalue weighted by atomic mass is 9.96. The minimum absolute atomic E-state index is 0.289. The van der Waals surface area contributed by atoms with E-state index in [2.05, 4.69) is 10.4 Å². The zero-order valence-electron chi connectivity index (χ0n) is 12.4. The lowest BCUT2D eigenvalue weighted by molar-refractivity contribution is 0.102. The maximum atomic E-state index is 12.3. The summed E-state index contributed by atoms with van der Waals surface area (Å²) in [5, 5.41) is 6.46. The molecular weight excluding hydrogens is 304 g/mol. The first-order valence-corrected chi connectivity index (χ1v) is 7.41. The molecule has 0 radical (unpaired) electrons. The van der Waals surface area contributed by atoms with Crippen LogP contribution in [0, 0.1) is 0 Å². The van der Waals surface area contributed by atoms with Gasteiger partial charge in [0.05, 0.1) is 18.5 Å². The van der Waals surface area contributed by atoms with Crippen molar-refractivity contribution in [2.75, 3.05) is 18.5 Å². The average molecular weight is 321 g/mol. The van der Waals surface area contributed by atoms with Gasteiger partial charge in [0, 0.05) is 24.3 Å². The Hall–Kier alpha value is -2.28. The molecule has 1 aliphatic heterocycles. The molecule has 1 amide bonds. The number of halogens is 2. The van der Waals surface area contributed by atoms with E-state index >= 15 is 0 Å². The van der Waals surface area contributed by atoms with Crippen molar-refractivity contribution in [3.05, 3.63) is 47.8 Å². The second kappa shape index (κ2) is 6.87. The molecule has 3 rings (SSSR count). The quantitative estimate of drug-likeness (QED) is 0.921. The minimum Gasteiger partial charge on any atom is -0.381 e. The third-order valence-electron chi connectivity index (χ3n) is 3.77. The molecule has 1 unspecified atom stereocenters. The number of nitrogens with zero attached hydrogens (tertiary/aromatic N) is 2. The molecule has 0 saturated carbocycles. The van der Waals surface area contributed by atoms with Crippen molar-refractivity contribution in [3.63, 3.8) is 0 Å². The predicted molar refractivity (Wildman–Crippen MR) is 80.8 cm³/mol. The molecule has 2 heterocycles. The molecule has 1 atom stereocenters. The Bertz CT molecular complexity index is 681. The van der Waals surface area contributed by atoms with Crippen LogP contribution in [0.3, 0.4) is 0 Å². The number of aromatic nitrogens is 2. The van der Waals surface area contributed by atoms with E-state index < -0.39 is 13.0 Å². The van der Waals surface area contributed by atoms with E-state index in [0.29, 0.717) is 23.8 Å². The number of rotatable bonds is 5. The van der Waals surface area contributed by atoms with E-state index in [4.69, 9.17) is 4.74 Å². The molecule has 23 heavy (non-hydrogen) atoms. The highest BCUT2D eigenvalue weighted by Crippen LogP contribution is 2.25. The molecule has 0 aliphatic carbocycles. The lowest BCUT2D eigenvalue weighted by Gasteiger charge is -2.10. The van der Waals surface area contributed by atoms with Crippen molar-refractivity contribution >= 4 is 11.6 Å². The maximum absolute atomic E-state index is 12.3. The average Bonchev–Trinajstić information content (AvgIpc) is 3.19. The first kappa shape index (κ1) is 15.6. The van der Waals surface area contributed by atoms with E-state index in [1.165, 1.54) is 12.4 Å². The Balaban J connectivity index is 1.68. The van der Waals surface area contributed by atoms with Crippen LogP contribution in [0.15, 0.2) is 36.7 Å². The summed E-state index contributed by atoms with van der Waals surface area (Å²) in [6.45, 7) is 0.920. The number of nitrogens with one attached hydrogen (secondary N) is 1. The SMILES string of the molecule is O=C(Nc1cnn(CC(F)F)c1)c1cccc(C2CCOC2)c1. The first-order chi connectivity index (χ1) is 11.1. The van der Waals surface area contributed by atoms with Gasteiger partial charge >= 0.3 is 0 Å². The number of alkyl halides is 2. The van der Waals surface area contributed by atoms with Gasteiger partial charge in [-0.25, -0.2) is 8.78 Å². The molecule has 1 aromatic carbocycles. The number of hydrogen-bond acceptors (Lipinski definition) is 3. The van der Waals surface area contributed by atoms with Crippen LogP contribution < -0.4 is 5.32 Å². The Morgan fingerprint density at radius 3 is 3.09 bits per heavy atom. The van der Waals surface area contributed by atoms with Crippen molar-refractivity contribution in [3.8, 4) is 0 Å². The summed E-state index contributed by atoms with van der Waals surface area (Å²) in [7, 11) is 0. The van der Waals surface area contributed by atoms with Crippen LogP contribution in [-0.4, -0.2) is 35.3 Å². The molecule has 7 heteroatoms. The molecular formula is C16H17F2N3O2. The van der Waals surface area contributed by atoms with E-state index in [-0.39, 0.29) is 5.91 Å². The molecule has 1 fully saturated rings. The van der Waals surface area contributed by atoms with E-state index in [0.717, 1.165) is 23.3 Å². The van der Waals surface area contributed by atoms with E-state index in [9.17, 15) is 13.6 Å². The number of amides is 1. The fourth-order valence-electron chi connectivity index (χ4n) is 2.60. The maximum Gasteiger partial charge on any atom is 0.257 e. The number of carbonyl (C=O) groups is 1. The summed E-state index contributed by atoms with van der Waals surface area (Å²) in [6.07, 6.45) is 1.21. The molecule has 5 nitrogen and oxygen atoms in total. The van der Waals surface area contributed by atoms with Gasteiger partial charge in [0.1, 0.15) is 6.54 Å². The van der Waals surface area contributed by atoms with Crippen LogP contribution in [-0.2, 0) is 11.3 Å². The summed E-state index contributed by atoms with van der Waals surface area (Å²) in [5.41, 5.74) is 1.99. The van der Waals surface area contributed by atoms with Gasteiger partial charge in [-0.15, -0.1) is 0 Å².